The molecule has 0 fully saturated rings. The van der Waals surface area contributed by atoms with Crippen molar-refractivity contribution >= 4 is 11.7 Å². The Bertz CT molecular complexity index is 748. The van der Waals surface area contributed by atoms with Crippen LogP contribution in [0.1, 0.15) is 201 Å². The maximum Gasteiger partial charge on any atom is 0.250 e. The molecule has 47 heavy (non-hydrogen) atoms. The fourth-order valence-corrected chi connectivity index (χ4v) is 7.63. The number of carbonyl (C=O) groups excluding carboxylic acids is 2. The molecule has 7 heteroatoms. The van der Waals surface area contributed by atoms with Gasteiger partial charge in [-0.1, -0.05) is 175 Å². The third-order valence-corrected chi connectivity index (χ3v) is 10.4. The standard InChI is InChI=1S/C40H79NO6/c1-6-10-12-14-16-18-19-20-21-22-24-26-28-30-33-47-36(9-4)39(37(44)35(43)34-42,40(46-5,31-8-3)38(41)45)32-29-27-25-23-17-15-13-11-7-2/h35-36,42-43H,6-34H2,1-5H3,(H2,41,45). The number of unbranched alkanes of at least 4 members (excludes halogenated alkanes) is 21. The van der Waals surface area contributed by atoms with Crippen molar-refractivity contribution in [3.8, 4) is 0 Å². The van der Waals surface area contributed by atoms with Crippen LogP contribution in [0, 0.1) is 5.41 Å². The molecule has 0 aliphatic carbocycles. The molecule has 0 spiro atoms. The van der Waals surface area contributed by atoms with Crippen molar-refractivity contribution in [2.75, 3.05) is 20.3 Å². The third-order valence-electron chi connectivity index (χ3n) is 10.4. The smallest absolute Gasteiger partial charge is 0.250 e. The third kappa shape index (κ3) is 17.0. The normalized spacial score (nSPS) is 15.6. The Morgan fingerprint density at radius 2 is 1.02 bits per heavy atom. The second-order valence-corrected chi connectivity index (χ2v) is 14.1. The van der Waals surface area contributed by atoms with Crippen LogP contribution in [0.25, 0.3) is 0 Å². The van der Waals surface area contributed by atoms with Gasteiger partial charge in [-0.2, -0.15) is 0 Å². The van der Waals surface area contributed by atoms with Crippen molar-refractivity contribution < 1.29 is 29.3 Å². The van der Waals surface area contributed by atoms with Crippen molar-refractivity contribution in [1.29, 1.82) is 0 Å². The summed E-state index contributed by atoms with van der Waals surface area (Å²) in [6.45, 7) is 8.11. The lowest BCUT2D eigenvalue weighted by Gasteiger charge is -2.51. The van der Waals surface area contributed by atoms with Crippen LogP contribution in [0.15, 0.2) is 0 Å². The van der Waals surface area contributed by atoms with Gasteiger partial charge in [-0.15, -0.1) is 0 Å². The predicted molar refractivity (Wildman–Crippen MR) is 197 cm³/mol. The van der Waals surface area contributed by atoms with Gasteiger partial charge in [0.2, 0.25) is 0 Å². The fourth-order valence-electron chi connectivity index (χ4n) is 7.63. The first-order valence-electron chi connectivity index (χ1n) is 20.1. The highest BCUT2D eigenvalue weighted by atomic mass is 16.5. The van der Waals surface area contributed by atoms with Crippen molar-refractivity contribution in [2.24, 2.45) is 11.1 Å². The van der Waals surface area contributed by atoms with E-state index in [2.05, 4.69) is 13.8 Å². The number of Topliss-reactive ketones (excluding diaryl/α,β-unsaturated/α-hetero) is 1. The number of primary amides is 1. The van der Waals surface area contributed by atoms with Crippen LogP contribution < -0.4 is 5.73 Å². The lowest BCUT2D eigenvalue weighted by Crippen LogP contribution is -2.68. The number of aliphatic hydroxyl groups is 2. The molecule has 4 N–H and O–H groups in total. The summed E-state index contributed by atoms with van der Waals surface area (Å²) < 4.78 is 12.5. The van der Waals surface area contributed by atoms with Crippen LogP contribution in [0.4, 0.5) is 0 Å². The van der Waals surface area contributed by atoms with E-state index in [0.29, 0.717) is 32.3 Å². The summed E-state index contributed by atoms with van der Waals surface area (Å²) in [5, 5.41) is 20.7. The second kappa shape index (κ2) is 29.9. The van der Waals surface area contributed by atoms with E-state index in [-0.39, 0.29) is 6.42 Å². The molecule has 4 atom stereocenters. The molecule has 0 aliphatic heterocycles. The highest BCUT2D eigenvalue weighted by Crippen LogP contribution is 2.49. The molecule has 0 aromatic heterocycles. The van der Waals surface area contributed by atoms with Crippen molar-refractivity contribution in [1.82, 2.24) is 0 Å². The topological polar surface area (TPSA) is 119 Å². The molecule has 0 heterocycles. The molecule has 0 aliphatic rings. The summed E-state index contributed by atoms with van der Waals surface area (Å²) in [5.74, 6) is -1.31. The maximum absolute atomic E-state index is 14.2. The quantitative estimate of drug-likeness (QED) is 0.0572. The summed E-state index contributed by atoms with van der Waals surface area (Å²) in [5.41, 5.74) is 2.96. The molecule has 280 valence electrons. The Kier molecular flexibility index (Phi) is 29.2. The first-order chi connectivity index (χ1) is 22.8. The monoisotopic (exact) mass is 670 g/mol. The summed E-state index contributed by atoms with van der Waals surface area (Å²) >= 11 is 0. The molecule has 0 bridgehead atoms. The van der Waals surface area contributed by atoms with Crippen molar-refractivity contribution in [3.63, 3.8) is 0 Å². The van der Waals surface area contributed by atoms with Gasteiger partial charge < -0.3 is 25.4 Å². The number of ether oxygens (including phenoxy) is 2. The molecule has 1 amide bonds. The fraction of sp³-hybridized carbons (Fsp3) is 0.950. The molecule has 7 nitrogen and oxygen atoms in total. The van der Waals surface area contributed by atoms with E-state index in [1.807, 2.05) is 13.8 Å². The number of nitrogens with two attached hydrogens (primary N) is 1. The number of hydrogen-bond acceptors (Lipinski definition) is 6. The largest absolute Gasteiger partial charge is 0.393 e. The average Bonchev–Trinajstić information content (AvgIpc) is 3.07. The zero-order valence-corrected chi connectivity index (χ0v) is 31.8. The lowest BCUT2D eigenvalue weighted by atomic mass is 9.58. The highest BCUT2D eigenvalue weighted by Gasteiger charge is 2.64. The molecular formula is C40H79NO6. The zero-order valence-electron chi connectivity index (χ0n) is 31.8. The van der Waals surface area contributed by atoms with Gasteiger partial charge in [0.25, 0.3) is 5.91 Å². The first-order valence-corrected chi connectivity index (χ1v) is 20.1. The summed E-state index contributed by atoms with van der Waals surface area (Å²) in [6.07, 6.45) is 27.0. The second-order valence-electron chi connectivity index (χ2n) is 14.1. The molecule has 0 aromatic rings. The Morgan fingerprint density at radius 3 is 1.36 bits per heavy atom. The molecule has 0 radical (unpaired) electrons. The average molecular weight is 670 g/mol. The zero-order chi connectivity index (χ0) is 35.2. The van der Waals surface area contributed by atoms with E-state index >= 15 is 0 Å². The van der Waals surface area contributed by atoms with Crippen LogP contribution in [0.5, 0.6) is 0 Å². The molecule has 4 unspecified atom stereocenters. The van der Waals surface area contributed by atoms with Gasteiger partial charge in [-0.25, -0.2) is 0 Å². The first kappa shape index (κ1) is 46.0. The predicted octanol–water partition coefficient (Wildman–Crippen LogP) is 9.76. The van der Waals surface area contributed by atoms with Crippen molar-refractivity contribution in [2.45, 2.75) is 219 Å². The number of hydrogen-bond donors (Lipinski definition) is 3. The number of amides is 1. The number of aliphatic hydroxyl groups excluding tert-OH is 2. The Hall–Kier alpha value is -1.02. The lowest BCUT2D eigenvalue weighted by molar-refractivity contribution is -0.202. The summed E-state index contributed by atoms with van der Waals surface area (Å²) in [4.78, 5) is 27.6. The molecule has 0 rings (SSSR count). The number of ketones is 1. The molecule has 0 aromatic carbocycles. The minimum atomic E-state index is -1.65. The van der Waals surface area contributed by atoms with E-state index in [9.17, 15) is 19.8 Å². The Balaban J connectivity index is 5.38. The maximum atomic E-state index is 14.2. The van der Waals surface area contributed by atoms with Crippen molar-refractivity contribution in [3.05, 3.63) is 0 Å². The molecule has 0 saturated carbocycles. The van der Waals surface area contributed by atoms with Gasteiger partial charge in [-0.3, -0.25) is 9.59 Å². The van der Waals surface area contributed by atoms with Gasteiger partial charge in [0.1, 0.15) is 6.10 Å². The minimum absolute atomic E-state index is 0.235. The Morgan fingerprint density at radius 1 is 0.617 bits per heavy atom. The summed E-state index contributed by atoms with van der Waals surface area (Å²) in [7, 11) is 1.43. The van der Waals surface area contributed by atoms with Crippen LogP contribution in [0.3, 0.4) is 0 Å². The van der Waals surface area contributed by atoms with Gasteiger partial charge >= 0.3 is 0 Å². The van der Waals surface area contributed by atoms with E-state index in [1.165, 1.54) is 110 Å². The van der Waals surface area contributed by atoms with Crippen LogP contribution in [0.2, 0.25) is 0 Å². The van der Waals surface area contributed by atoms with Gasteiger partial charge in [0, 0.05) is 13.7 Å². The van der Waals surface area contributed by atoms with E-state index in [4.69, 9.17) is 15.2 Å². The highest BCUT2D eigenvalue weighted by molar-refractivity contribution is 5.98. The summed E-state index contributed by atoms with van der Waals surface area (Å²) in [6, 6.07) is 0. The van der Waals surface area contributed by atoms with Gasteiger partial charge in [0.05, 0.1) is 18.1 Å². The van der Waals surface area contributed by atoms with E-state index in [0.717, 1.165) is 38.5 Å². The van der Waals surface area contributed by atoms with Crippen LogP contribution >= 0.6 is 0 Å². The van der Waals surface area contributed by atoms with E-state index < -0.39 is 41.5 Å². The Labute approximate surface area is 290 Å². The van der Waals surface area contributed by atoms with Crippen LogP contribution in [-0.2, 0) is 19.1 Å². The van der Waals surface area contributed by atoms with E-state index in [1.54, 1.807) is 0 Å². The van der Waals surface area contributed by atoms with Crippen LogP contribution in [-0.4, -0.2) is 60.0 Å². The molecule has 0 saturated heterocycles. The van der Waals surface area contributed by atoms with Gasteiger partial charge in [0.15, 0.2) is 11.4 Å². The number of rotatable bonds is 36. The minimum Gasteiger partial charge on any atom is -0.393 e. The SMILES string of the molecule is CCCCCCCCCCCCCCCCOC(CC)C(CCCCCCCCCCC)(C(=O)C(O)CO)C(CCC)(OC)C(N)=O. The number of carbonyl (C=O) groups is 2. The van der Waals surface area contributed by atoms with Gasteiger partial charge in [-0.05, 0) is 25.7 Å². The number of methoxy groups -OCH3 is 1. The molecular weight excluding hydrogens is 590 g/mol.